The summed E-state index contributed by atoms with van der Waals surface area (Å²) in [5.41, 5.74) is 1.53. The number of hydrogen-bond donors (Lipinski definition) is 1. The third kappa shape index (κ3) is 2.20. The van der Waals surface area contributed by atoms with Crippen LogP contribution in [0.25, 0.3) is 0 Å². The smallest absolute Gasteiger partial charge is 0.0685 e. The molecule has 3 heteroatoms. The first-order chi connectivity index (χ1) is 9.00. The lowest BCUT2D eigenvalue weighted by molar-refractivity contribution is -0.115. The second-order valence-corrected chi connectivity index (χ2v) is 6.92. The van der Waals surface area contributed by atoms with E-state index in [-0.39, 0.29) is 5.41 Å². The summed E-state index contributed by atoms with van der Waals surface area (Å²) in [6.07, 6.45) is 1.64. The predicted molar refractivity (Wildman–Crippen MR) is 78.4 cm³/mol. The Morgan fingerprint density at radius 2 is 2.00 bits per heavy atom. The van der Waals surface area contributed by atoms with Gasteiger partial charge in [0.25, 0.3) is 0 Å². The van der Waals surface area contributed by atoms with Crippen molar-refractivity contribution in [1.82, 2.24) is 5.32 Å². The highest BCUT2D eigenvalue weighted by molar-refractivity contribution is 6.30. The molecule has 2 aliphatic rings. The normalized spacial score (nSPS) is 33.6. The number of rotatable bonds is 3. The molecule has 0 spiro atoms. The number of benzene rings is 1. The molecule has 2 fully saturated rings. The number of nitrogens with one attached hydrogen (secondary N) is 1. The maximum Gasteiger partial charge on any atom is 0.0685 e. The monoisotopic (exact) mass is 279 g/mol. The first-order valence-corrected chi connectivity index (χ1v) is 7.51. The number of hydrogen-bond acceptors (Lipinski definition) is 2. The molecule has 1 heterocycles. The zero-order valence-corrected chi connectivity index (χ0v) is 12.6. The highest BCUT2D eigenvalue weighted by Gasteiger charge is 2.59. The van der Waals surface area contributed by atoms with Gasteiger partial charge in [0, 0.05) is 35.0 Å². The van der Waals surface area contributed by atoms with E-state index in [1.54, 1.807) is 0 Å². The largest absolute Gasteiger partial charge is 0.377 e. The highest BCUT2D eigenvalue weighted by atomic mass is 35.5. The van der Waals surface area contributed by atoms with Gasteiger partial charge in [-0.25, -0.2) is 0 Å². The summed E-state index contributed by atoms with van der Waals surface area (Å²) in [6.45, 7) is 7.77. The van der Waals surface area contributed by atoms with E-state index in [4.69, 9.17) is 16.3 Å². The Bertz CT molecular complexity index is 456. The molecular formula is C16H22ClNO. The lowest BCUT2D eigenvalue weighted by Crippen LogP contribution is -2.66. The third-order valence-electron chi connectivity index (χ3n) is 4.90. The lowest BCUT2D eigenvalue weighted by Gasteiger charge is -2.55. The van der Waals surface area contributed by atoms with Gasteiger partial charge in [-0.1, -0.05) is 37.6 Å². The van der Waals surface area contributed by atoms with Crippen LogP contribution in [0.3, 0.4) is 0 Å². The summed E-state index contributed by atoms with van der Waals surface area (Å²) in [5.74, 6) is 0.685. The predicted octanol–water partition coefficient (Wildman–Crippen LogP) is 3.80. The SMILES string of the molecule is C[C@@H](NC1C2CCOC2C1(C)C)c1ccc(Cl)cc1. The molecule has 1 saturated carbocycles. The van der Waals surface area contributed by atoms with E-state index in [9.17, 15) is 0 Å². The van der Waals surface area contributed by atoms with Gasteiger partial charge in [-0.05, 0) is 31.0 Å². The van der Waals surface area contributed by atoms with Gasteiger partial charge >= 0.3 is 0 Å². The average molecular weight is 280 g/mol. The van der Waals surface area contributed by atoms with Gasteiger partial charge < -0.3 is 10.1 Å². The summed E-state index contributed by atoms with van der Waals surface area (Å²) in [7, 11) is 0. The molecule has 1 aliphatic carbocycles. The number of ether oxygens (including phenoxy) is 1. The van der Waals surface area contributed by atoms with Gasteiger partial charge in [0.05, 0.1) is 6.10 Å². The van der Waals surface area contributed by atoms with Crippen LogP contribution in [0.15, 0.2) is 24.3 Å². The van der Waals surface area contributed by atoms with Crippen molar-refractivity contribution in [2.45, 2.75) is 45.4 Å². The fourth-order valence-corrected chi connectivity index (χ4v) is 3.91. The van der Waals surface area contributed by atoms with Crippen molar-refractivity contribution in [2.75, 3.05) is 6.61 Å². The van der Waals surface area contributed by atoms with Gasteiger partial charge in [-0.2, -0.15) is 0 Å². The van der Waals surface area contributed by atoms with Gasteiger partial charge in [0.15, 0.2) is 0 Å². The van der Waals surface area contributed by atoms with Gasteiger partial charge in [0.1, 0.15) is 0 Å². The maximum atomic E-state index is 5.94. The van der Waals surface area contributed by atoms with Crippen LogP contribution in [-0.4, -0.2) is 18.8 Å². The van der Waals surface area contributed by atoms with Crippen LogP contribution in [0.2, 0.25) is 5.02 Å². The molecule has 0 radical (unpaired) electrons. The van der Waals surface area contributed by atoms with E-state index < -0.39 is 0 Å². The van der Waals surface area contributed by atoms with Gasteiger partial charge in [-0.3, -0.25) is 0 Å². The van der Waals surface area contributed by atoms with Crippen LogP contribution >= 0.6 is 11.6 Å². The molecular weight excluding hydrogens is 258 g/mol. The molecule has 1 aromatic rings. The summed E-state index contributed by atoms with van der Waals surface area (Å²) < 4.78 is 5.84. The minimum Gasteiger partial charge on any atom is -0.377 e. The highest BCUT2D eigenvalue weighted by Crippen LogP contribution is 2.52. The molecule has 104 valence electrons. The Morgan fingerprint density at radius 1 is 1.32 bits per heavy atom. The molecule has 3 unspecified atom stereocenters. The number of fused-ring (bicyclic) bond motifs is 1. The minimum atomic E-state index is 0.238. The van der Waals surface area contributed by atoms with Crippen molar-refractivity contribution < 1.29 is 4.74 Å². The van der Waals surface area contributed by atoms with Gasteiger partial charge in [-0.15, -0.1) is 0 Å². The zero-order valence-electron chi connectivity index (χ0n) is 11.8. The molecule has 1 aromatic carbocycles. The molecule has 0 amide bonds. The second-order valence-electron chi connectivity index (χ2n) is 6.48. The van der Waals surface area contributed by atoms with Crippen LogP contribution in [0.1, 0.15) is 38.8 Å². The lowest BCUT2D eigenvalue weighted by atomic mass is 9.57. The Balaban J connectivity index is 1.69. The van der Waals surface area contributed by atoms with E-state index in [0.717, 1.165) is 11.6 Å². The second kappa shape index (κ2) is 4.76. The maximum absolute atomic E-state index is 5.94. The first kappa shape index (κ1) is 13.4. The molecule has 0 aromatic heterocycles. The summed E-state index contributed by atoms with van der Waals surface area (Å²) in [5, 5.41) is 4.59. The molecule has 2 nitrogen and oxygen atoms in total. The van der Waals surface area contributed by atoms with Crippen LogP contribution in [0, 0.1) is 11.3 Å². The van der Waals surface area contributed by atoms with E-state index in [2.05, 4.69) is 38.2 Å². The van der Waals surface area contributed by atoms with Crippen molar-refractivity contribution in [2.24, 2.45) is 11.3 Å². The quantitative estimate of drug-likeness (QED) is 0.909. The van der Waals surface area contributed by atoms with Crippen molar-refractivity contribution in [1.29, 1.82) is 0 Å². The Hall–Kier alpha value is -0.570. The Morgan fingerprint density at radius 3 is 2.68 bits per heavy atom. The first-order valence-electron chi connectivity index (χ1n) is 7.13. The minimum absolute atomic E-state index is 0.238. The Labute approximate surface area is 120 Å². The van der Waals surface area contributed by atoms with Crippen molar-refractivity contribution in [3.8, 4) is 0 Å². The third-order valence-corrected chi connectivity index (χ3v) is 5.15. The van der Waals surface area contributed by atoms with Crippen molar-refractivity contribution in [3.05, 3.63) is 34.9 Å². The molecule has 4 atom stereocenters. The zero-order chi connectivity index (χ0) is 13.6. The van der Waals surface area contributed by atoms with Gasteiger partial charge in [0.2, 0.25) is 0 Å². The average Bonchev–Trinajstić information content (AvgIpc) is 2.83. The Kier molecular flexibility index (Phi) is 3.36. The summed E-state index contributed by atoms with van der Waals surface area (Å²) >= 11 is 5.94. The van der Waals surface area contributed by atoms with Crippen molar-refractivity contribution >= 4 is 11.6 Å². The van der Waals surface area contributed by atoms with Crippen molar-refractivity contribution in [3.63, 3.8) is 0 Å². The molecule has 1 saturated heterocycles. The topological polar surface area (TPSA) is 21.3 Å². The van der Waals surface area contributed by atoms with E-state index in [1.165, 1.54) is 12.0 Å². The van der Waals surface area contributed by atoms with E-state index in [0.29, 0.717) is 24.1 Å². The standard InChI is InChI=1S/C16H22ClNO/c1-10(11-4-6-12(17)7-5-11)18-14-13-8-9-19-15(13)16(14,2)3/h4-7,10,13-15,18H,8-9H2,1-3H3/t10-,13?,14?,15?/m1/s1. The molecule has 3 rings (SSSR count). The number of halogens is 1. The fraction of sp³-hybridized carbons (Fsp3) is 0.625. The molecule has 1 aliphatic heterocycles. The summed E-state index contributed by atoms with van der Waals surface area (Å²) in [6, 6.07) is 9.03. The van der Waals surface area contributed by atoms with Crippen LogP contribution in [0.5, 0.6) is 0 Å². The van der Waals surface area contributed by atoms with Crippen LogP contribution in [-0.2, 0) is 4.74 Å². The van der Waals surface area contributed by atoms with Crippen LogP contribution in [0.4, 0.5) is 0 Å². The van der Waals surface area contributed by atoms with E-state index >= 15 is 0 Å². The molecule has 0 bridgehead atoms. The molecule has 19 heavy (non-hydrogen) atoms. The van der Waals surface area contributed by atoms with Crippen LogP contribution < -0.4 is 5.32 Å². The molecule has 1 N–H and O–H groups in total. The summed E-state index contributed by atoms with van der Waals surface area (Å²) in [4.78, 5) is 0. The van der Waals surface area contributed by atoms with E-state index in [1.807, 2.05) is 12.1 Å². The fourth-order valence-electron chi connectivity index (χ4n) is 3.78.